The van der Waals surface area contributed by atoms with Gasteiger partial charge in [0.2, 0.25) is 0 Å². The molecule has 0 saturated carbocycles. The van der Waals surface area contributed by atoms with Crippen LogP contribution in [0.25, 0.3) is 0 Å². The van der Waals surface area contributed by atoms with E-state index in [0.717, 1.165) is 0 Å². The van der Waals surface area contributed by atoms with Gasteiger partial charge < -0.3 is 0 Å². The van der Waals surface area contributed by atoms with Crippen molar-refractivity contribution in [2.45, 2.75) is 39.8 Å². The van der Waals surface area contributed by atoms with Gasteiger partial charge in [-0.2, -0.15) is 13.2 Å². The summed E-state index contributed by atoms with van der Waals surface area (Å²) in [5.74, 6) is 0. The van der Waals surface area contributed by atoms with Crippen LogP contribution < -0.4 is 0 Å². The summed E-state index contributed by atoms with van der Waals surface area (Å²) in [4.78, 5) is 0. The SMILES string of the molecule is C=CC(F)(F)F.CCCC=C(C)C. The molecule has 0 spiro atoms. The number of halogens is 3. The van der Waals surface area contributed by atoms with Crippen LogP contribution in [0.15, 0.2) is 24.3 Å². The van der Waals surface area contributed by atoms with Crippen LogP contribution in [0.4, 0.5) is 13.2 Å². The second-order valence-electron chi connectivity index (χ2n) is 2.82. The van der Waals surface area contributed by atoms with Gasteiger partial charge in [0.05, 0.1) is 0 Å². The van der Waals surface area contributed by atoms with Gasteiger partial charge in [0.25, 0.3) is 0 Å². The fraction of sp³-hybridized carbons (Fsp3) is 0.600. The fourth-order valence-electron chi connectivity index (χ4n) is 0.433. The van der Waals surface area contributed by atoms with E-state index in [9.17, 15) is 13.2 Å². The molecular weight excluding hydrogens is 177 g/mol. The third kappa shape index (κ3) is 24.6. The Morgan fingerprint density at radius 1 is 1.31 bits per heavy atom. The van der Waals surface area contributed by atoms with Crippen LogP contribution in [0.1, 0.15) is 33.6 Å². The molecule has 0 aliphatic rings. The molecule has 3 heteroatoms. The molecular formula is C10H17F3. The van der Waals surface area contributed by atoms with Crippen LogP contribution in [0, 0.1) is 0 Å². The van der Waals surface area contributed by atoms with Gasteiger partial charge in [-0.15, -0.1) is 0 Å². The molecule has 0 aliphatic carbocycles. The van der Waals surface area contributed by atoms with Crippen molar-refractivity contribution in [1.29, 1.82) is 0 Å². The number of allylic oxidation sites excluding steroid dienone is 3. The summed E-state index contributed by atoms with van der Waals surface area (Å²) in [5.41, 5.74) is 1.43. The van der Waals surface area contributed by atoms with Gasteiger partial charge in [-0.25, -0.2) is 0 Å². The van der Waals surface area contributed by atoms with Gasteiger partial charge in [-0.1, -0.05) is 31.6 Å². The Balaban J connectivity index is 0. The Labute approximate surface area is 78.1 Å². The molecule has 13 heavy (non-hydrogen) atoms. The molecule has 0 bridgehead atoms. The van der Waals surface area contributed by atoms with Gasteiger partial charge in [0.15, 0.2) is 0 Å². The third-order valence-electron chi connectivity index (χ3n) is 1.07. The Bertz CT molecular complexity index is 150. The first-order valence-electron chi connectivity index (χ1n) is 4.17. The molecule has 0 rings (SSSR count). The maximum Gasteiger partial charge on any atom is 0.409 e. The van der Waals surface area contributed by atoms with E-state index in [4.69, 9.17) is 0 Å². The van der Waals surface area contributed by atoms with Gasteiger partial charge >= 0.3 is 6.18 Å². The summed E-state index contributed by atoms with van der Waals surface area (Å²) in [6, 6.07) is 0. The smallest absolute Gasteiger partial charge is 0.167 e. The van der Waals surface area contributed by atoms with E-state index in [1.54, 1.807) is 0 Å². The predicted molar refractivity (Wildman–Crippen MR) is 50.6 cm³/mol. The van der Waals surface area contributed by atoms with Gasteiger partial charge in [0, 0.05) is 6.08 Å². The van der Waals surface area contributed by atoms with Crippen LogP contribution in [0.5, 0.6) is 0 Å². The average Bonchev–Trinajstić information content (AvgIpc) is 2.01. The van der Waals surface area contributed by atoms with Crippen molar-refractivity contribution >= 4 is 0 Å². The Morgan fingerprint density at radius 2 is 1.69 bits per heavy atom. The van der Waals surface area contributed by atoms with E-state index in [1.165, 1.54) is 18.4 Å². The molecule has 0 aromatic carbocycles. The first-order chi connectivity index (χ1) is 5.83. The lowest BCUT2D eigenvalue weighted by Gasteiger charge is -1.91. The first-order valence-corrected chi connectivity index (χ1v) is 4.17. The molecule has 0 amide bonds. The normalized spacial score (nSPS) is 9.69. The highest BCUT2D eigenvalue weighted by Gasteiger charge is 2.19. The van der Waals surface area contributed by atoms with Crippen LogP contribution in [0.3, 0.4) is 0 Å². The highest BCUT2D eigenvalue weighted by atomic mass is 19.4. The van der Waals surface area contributed by atoms with E-state index in [2.05, 4.69) is 33.4 Å². The van der Waals surface area contributed by atoms with Crippen molar-refractivity contribution in [3.63, 3.8) is 0 Å². The first kappa shape index (κ1) is 14.8. The average molecular weight is 194 g/mol. The van der Waals surface area contributed by atoms with Crippen LogP contribution in [-0.4, -0.2) is 6.18 Å². The van der Waals surface area contributed by atoms with Crippen molar-refractivity contribution in [1.82, 2.24) is 0 Å². The minimum Gasteiger partial charge on any atom is -0.167 e. The lowest BCUT2D eigenvalue weighted by molar-refractivity contribution is -0.0795. The fourth-order valence-corrected chi connectivity index (χ4v) is 0.433. The molecule has 0 atom stereocenters. The van der Waals surface area contributed by atoms with E-state index < -0.39 is 6.18 Å². The predicted octanol–water partition coefficient (Wildman–Crippen LogP) is 4.49. The van der Waals surface area contributed by atoms with E-state index in [0.29, 0.717) is 0 Å². The van der Waals surface area contributed by atoms with Crippen LogP contribution in [-0.2, 0) is 0 Å². The molecule has 0 radical (unpaired) electrons. The summed E-state index contributed by atoms with van der Waals surface area (Å²) < 4.78 is 32.0. The third-order valence-corrected chi connectivity index (χ3v) is 1.07. The number of hydrogen-bond donors (Lipinski definition) is 0. The molecule has 0 heterocycles. The second-order valence-corrected chi connectivity index (χ2v) is 2.82. The molecule has 0 unspecified atom stereocenters. The monoisotopic (exact) mass is 194 g/mol. The minimum atomic E-state index is -4.19. The van der Waals surface area contributed by atoms with E-state index in [-0.39, 0.29) is 6.08 Å². The molecule has 0 aromatic rings. The number of rotatable bonds is 2. The Kier molecular flexibility index (Phi) is 8.97. The lowest BCUT2D eigenvalue weighted by Crippen LogP contribution is -1.98. The van der Waals surface area contributed by atoms with Gasteiger partial charge in [-0.05, 0) is 20.3 Å². The quantitative estimate of drug-likeness (QED) is 0.568. The topological polar surface area (TPSA) is 0 Å². The minimum absolute atomic E-state index is 0.0625. The second kappa shape index (κ2) is 7.90. The molecule has 0 nitrogen and oxygen atoms in total. The van der Waals surface area contributed by atoms with E-state index in [1.807, 2.05) is 0 Å². The summed E-state index contributed by atoms with van der Waals surface area (Å²) in [6.45, 7) is 8.97. The summed E-state index contributed by atoms with van der Waals surface area (Å²) in [5, 5.41) is 0. The maximum atomic E-state index is 10.7. The summed E-state index contributed by atoms with van der Waals surface area (Å²) in [7, 11) is 0. The van der Waals surface area contributed by atoms with Gasteiger partial charge in [0.1, 0.15) is 0 Å². The molecule has 0 N–H and O–H groups in total. The van der Waals surface area contributed by atoms with Crippen molar-refractivity contribution in [3.8, 4) is 0 Å². The van der Waals surface area contributed by atoms with Gasteiger partial charge in [-0.3, -0.25) is 0 Å². The van der Waals surface area contributed by atoms with Crippen molar-refractivity contribution in [2.24, 2.45) is 0 Å². The highest BCUT2D eigenvalue weighted by molar-refractivity contribution is 4.92. The molecule has 0 fully saturated rings. The highest BCUT2D eigenvalue weighted by Crippen LogP contribution is 2.13. The zero-order valence-corrected chi connectivity index (χ0v) is 8.41. The largest absolute Gasteiger partial charge is 0.409 e. The molecule has 0 saturated heterocycles. The van der Waals surface area contributed by atoms with Crippen molar-refractivity contribution in [3.05, 3.63) is 24.3 Å². The van der Waals surface area contributed by atoms with Crippen molar-refractivity contribution in [2.75, 3.05) is 0 Å². The zero-order valence-electron chi connectivity index (χ0n) is 8.41. The Morgan fingerprint density at radius 3 is 1.77 bits per heavy atom. The number of hydrogen-bond acceptors (Lipinski definition) is 0. The Hall–Kier alpha value is -0.730. The van der Waals surface area contributed by atoms with Crippen LogP contribution in [0.2, 0.25) is 0 Å². The molecule has 0 aliphatic heterocycles. The number of unbranched alkanes of at least 4 members (excludes halogenated alkanes) is 1. The summed E-state index contributed by atoms with van der Waals surface area (Å²) in [6.07, 6.45) is 0.514. The molecule has 78 valence electrons. The van der Waals surface area contributed by atoms with Crippen LogP contribution >= 0.6 is 0 Å². The maximum absolute atomic E-state index is 10.7. The summed E-state index contributed by atoms with van der Waals surface area (Å²) >= 11 is 0. The van der Waals surface area contributed by atoms with Crippen molar-refractivity contribution < 1.29 is 13.2 Å². The number of alkyl halides is 3. The molecule has 0 aromatic heterocycles. The lowest BCUT2D eigenvalue weighted by atomic mass is 10.2. The standard InChI is InChI=1S/C7H14.C3H3F3/c1-4-5-6-7(2)3;1-2-3(4,5)6/h6H,4-5H2,1-3H3;2H,1H2. The zero-order chi connectivity index (χ0) is 10.9. The van der Waals surface area contributed by atoms with E-state index >= 15 is 0 Å².